The lowest BCUT2D eigenvalue weighted by Gasteiger charge is -2.10. The summed E-state index contributed by atoms with van der Waals surface area (Å²) in [5.74, 6) is 0.644. The van der Waals surface area contributed by atoms with Gasteiger partial charge in [-0.25, -0.2) is 4.79 Å². The van der Waals surface area contributed by atoms with Crippen LogP contribution in [-0.4, -0.2) is 14.7 Å². The fourth-order valence-electron chi connectivity index (χ4n) is 1.61. The topological polar surface area (TPSA) is 60.9 Å². The van der Waals surface area contributed by atoms with E-state index >= 15 is 0 Å². The Morgan fingerprint density at radius 3 is 2.71 bits per heavy atom. The first-order valence-corrected chi connectivity index (χ1v) is 5.94. The number of hydrogen-bond acceptors (Lipinski definition) is 4. The lowest BCUT2D eigenvalue weighted by molar-refractivity contribution is 0.369. The largest absolute Gasteiger partial charge is 0.359 e. The van der Waals surface area contributed by atoms with Gasteiger partial charge in [0.25, 0.3) is 0 Å². The summed E-state index contributed by atoms with van der Waals surface area (Å²) in [7, 11) is 0. The second kappa shape index (κ2) is 4.44. The molecule has 0 aliphatic heterocycles. The molecule has 0 bridgehead atoms. The SMILES string of the molecule is Cc1cc(Cn2c(C)c(Br)c(C)nc2=O)on1. The minimum atomic E-state index is -0.280. The van der Waals surface area contributed by atoms with Gasteiger partial charge >= 0.3 is 5.69 Å². The molecule has 0 atom stereocenters. The fourth-order valence-corrected chi connectivity index (χ4v) is 1.91. The van der Waals surface area contributed by atoms with E-state index in [1.807, 2.05) is 13.8 Å². The molecule has 0 aromatic carbocycles. The quantitative estimate of drug-likeness (QED) is 0.850. The molecule has 0 aliphatic rings. The zero-order valence-electron chi connectivity index (χ0n) is 9.82. The van der Waals surface area contributed by atoms with Crippen LogP contribution < -0.4 is 5.69 Å². The Morgan fingerprint density at radius 2 is 2.12 bits per heavy atom. The molecule has 0 amide bonds. The zero-order chi connectivity index (χ0) is 12.6. The summed E-state index contributed by atoms with van der Waals surface area (Å²) in [6.07, 6.45) is 0. The molecule has 2 aromatic rings. The molecule has 90 valence electrons. The Kier molecular flexibility index (Phi) is 3.15. The number of hydrogen-bond donors (Lipinski definition) is 0. The van der Waals surface area contributed by atoms with Crippen LogP contribution in [0, 0.1) is 20.8 Å². The molecule has 6 heteroatoms. The Morgan fingerprint density at radius 1 is 1.41 bits per heavy atom. The first kappa shape index (κ1) is 12.0. The fraction of sp³-hybridized carbons (Fsp3) is 0.364. The van der Waals surface area contributed by atoms with Crippen LogP contribution in [0.25, 0.3) is 0 Å². The van der Waals surface area contributed by atoms with Crippen molar-refractivity contribution in [3.63, 3.8) is 0 Å². The molecule has 2 aromatic heterocycles. The predicted octanol–water partition coefficient (Wildman–Crippen LogP) is 1.97. The highest BCUT2D eigenvalue weighted by Gasteiger charge is 2.11. The first-order chi connectivity index (χ1) is 7.99. The number of nitrogens with zero attached hydrogens (tertiary/aromatic N) is 3. The Balaban J connectivity index is 2.46. The van der Waals surface area contributed by atoms with Crippen molar-refractivity contribution in [2.45, 2.75) is 27.3 Å². The summed E-state index contributed by atoms with van der Waals surface area (Å²) in [6.45, 7) is 5.84. The average molecular weight is 298 g/mol. The summed E-state index contributed by atoms with van der Waals surface area (Å²) in [5, 5.41) is 3.79. The molecule has 2 rings (SSSR count). The van der Waals surface area contributed by atoms with E-state index in [-0.39, 0.29) is 5.69 Å². The average Bonchev–Trinajstić information content (AvgIpc) is 2.67. The van der Waals surface area contributed by atoms with Gasteiger partial charge in [0.2, 0.25) is 0 Å². The van der Waals surface area contributed by atoms with E-state index < -0.39 is 0 Å². The Bertz CT molecular complexity index is 616. The van der Waals surface area contributed by atoms with Gasteiger partial charge in [0.1, 0.15) is 0 Å². The van der Waals surface area contributed by atoms with Crippen LogP contribution in [0.5, 0.6) is 0 Å². The van der Waals surface area contributed by atoms with E-state index in [2.05, 4.69) is 26.1 Å². The van der Waals surface area contributed by atoms with E-state index in [1.165, 1.54) is 0 Å². The van der Waals surface area contributed by atoms with Crippen LogP contribution in [0.3, 0.4) is 0 Å². The maximum atomic E-state index is 11.8. The van der Waals surface area contributed by atoms with Gasteiger partial charge in [0.05, 0.1) is 22.4 Å². The van der Waals surface area contributed by atoms with Crippen molar-refractivity contribution in [1.82, 2.24) is 14.7 Å². The van der Waals surface area contributed by atoms with E-state index in [9.17, 15) is 4.79 Å². The van der Waals surface area contributed by atoms with Crippen LogP contribution in [0.4, 0.5) is 0 Å². The van der Waals surface area contributed by atoms with Crippen molar-refractivity contribution < 1.29 is 4.52 Å². The molecule has 2 heterocycles. The molecular formula is C11H12BrN3O2. The third-order valence-corrected chi connectivity index (χ3v) is 3.67. The molecule has 0 spiro atoms. The minimum absolute atomic E-state index is 0.280. The molecule has 0 unspecified atom stereocenters. The number of aryl methyl sites for hydroxylation is 2. The van der Waals surface area contributed by atoms with Gasteiger partial charge in [0, 0.05) is 11.8 Å². The first-order valence-electron chi connectivity index (χ1n) is 5.14. The number of rotatable bonds is 2. The van der Waals surface area contributed by atoms with Gasteiger partial charge in [0.15, 0.2) is 5.76 Å². The molecule has 0 fully saturated rings. The van der Waals surface area contributed by atoms with E-state index in [4.69, 9.17) is 4.52 Å². The summed E-state index contributed by atoms with van der Waals surface area (Å²) in [4.78, 5) is 15.7. The van der Waals surface area contributed by atoms with Gasteiger partial charge in [-0.1, -0.05) is 5.16 Å². The van der Waals surface area contributed by atoms with Crippen molar-refractivity contribution in [3.05, 3.63) is 43.9 Å². The van der Waals surface area contributed by atoms with E-state index in [0.717, 1.165) is 15.9 Å². The van der Waals surface area contributed by atoms with Crippen LogP contribution in [0.15, 0.2) is 19.9 Å². The van der Waals surface area contributed by atoms with Gasteiger partial charge in [-0.15, -0.1) is 0 Å². The second-order valence-corrected chi connectivity index (χ2v) is 4.69. The normalized spacial score (nSPS) is 10.8. The standard InChI is InChI=1S/C11H12BrN3O2/c1-6-4-9(17-14-6)5-15-8(3)10(12)7(2)13-11(15)16/h4H,5H2,1-3H3. The van der Waals surface area contributed by atoms with Gasteiger partial charge in [-0.3, -0.25) is 4.57 Å². The monoisotopic (exact) mass is 297 g/mol. The van der Waals surface area contributed by atoms with Crippen molar-refractivity contribution in [2.24, 2.45) is 0 Å². The molecule has 0 radical (unpaired) electrons. The molecule has 0 N–H and O–H groups in total. The highest BCUT2D eigenvalue weighted by molar-refractivity contribution is 9.10. The van der Waals surface area contributed by atoms with Crippen molar-refractivity contribution >= 4 is 15.9 Å². The van der Waals surface area contributed by atoms with Crippen LogP contribution in [0.1, 0.15) is 22.8 Å². The van der Waals surface area contributed by atoms with Gasteiger partial charge < -0.3 is 4.52 Å². The van der Waals surface area contributed by atoms with Gasteiger partial charge in [-0.2, -0.15) is 4.98 Å². The van der Waals surface area contributed by atoms with Crippen molar-refractivity contribution in [1.29, 1.82) is 0 Å². The molecule has 5 nitrogen and oxygen atoms in total. The molecule has 0 saturated heterocycles. The van der Waals surface area contributed by atoms with Crippen LogP contribution >= 0.6 is 15.9 Å². The lowest BCUT2D eigenvalue weighted by atomic mass is 10.3. The lowest BCUT2D eigenvalue weighted by Crippen LogP contribution is -2.26. The highest BCUT2D eigenvalue weighted by atomic mass is 79.9. The maximum absolute atomic E-state index is 11.8. The maximum Gasteiger partial charge on any atom is 0.348 e. The smallest absolute Gasteiger partial charge is 0.348 e. The summed E-state index contributed by atoms with van der Waals surface area (Å²) in [5.41, 5.74) is 2.04. The van der Waals surface area contributed by atoms with E-state index in [1.54, 1.807) is 17.6 Å². The predicted molar refractivity (Wildman–Crippen MR) is 66.0 cm³/mol. The Labute approximate surface area is 107 Å². The summed E-state index contributed by atoms with van der Waals surface area (Å²) >= 11 is 3.41. The van der Waals surface area contributed by atoms with Crippen molar-refractivity contribution in [3.8, 4) is 0 Å². The summed E-state index contributed by atoms with van der Waals surface area (Å²) < 4.78 is 7.49. The summed E-state index contributed by atoms with van der Waals surface area (Å²) in [6, 6.07) is 1.81. The Hall–Kier alpha value is -1.43. The second-order valence-electron chi connectivity index (χ2n) is 3.90. The van der Waals surface area contributed by atoms with Crippen molar-refractivity contribution in [2.75, 3.05) is 0 Å². The molecule has 0 saturated carbocycles. The minimum Gasteiger partial charge on any atom is -0.359 e. The van der Waals surface area contributed by atoms with E-state index in [0.29, 0.717) is 18.0 Å². The zero-order valence-corrected chi connectivity index (χ0v) is 11.4. The third kappa shape index (κ3) is 2.31. The van der Waals surface area contributed by atoms with Crippen LogP contribution in [0.2, 0.25) is 0 Å². The molecule has 17 heavy (non-hydrogen) atoms. The number of halogens is 1. The van der Waals surface area contributed by atoms with Gasteiger partial charge in [-0.05, 0) is 36.7 Å². The highest BCUT2D eigenvalue weighted by Crippen LogP contribution is 2.17. The van der Waals surface area contributed by atoms with Crippen LogP contribution in [-0.2, 0) is 6.54 Å². The number of aromatic nitrogens is 3. The molecular weight excluding hydrogens is 286 g/mol. The molecule has 0 aliphatic carbocycles. The third-order valence-electron chi connectivity index (χ3n) is 2.53.